The molecule has 3 heteroatoms. The summed E-state index contributed by atoms with van der Waals surface area (Å²) < 4.78 is 0. The third kappa shape index (κ3) is 1.83. The third-order valence-corrected chi connectivity index (χ3v) is 1.96. The first-order chi connectivity index (χ1) is 4.88. The predicted molar refractivity (Wildman–Crippen MR) is 39.6 cm³/mol. The van der Waals surface area contributed by atoms with Crippen molar-refractivity contribution >= 4 is 0 Å². The van der Waals surface area contributed by atoms with Gasteiger partial charge in [0, 0.05) is 56.0 Å². The van der Waals surface area contributed by atoms with Crippen LogP contribution >= 0.6 is 0 Å². The second-order valence-corrected chi connectivity index (χ2v) is 2.64. The molecule has 1 aromatic rings. The summed E-state index contributed by atoms with van der Waals surface area (Å²) in [7, 11) is 0. The standard InChI is InChI=1S/C8H9N2.Ac/c9-7-4-3-6-2-1-5-10-8(6)7;/h1-2,5,7,9H,3-4H2;/q-1;/t7-;/m1./s1. The summed E-state index contributed by atoms with van der Waals surface area (Å²) in [5, 5.41) is 0. The Bertz CT molecular complexity index is 250. The minimum absolute atomic E-state index is 0. The molecule has 55 valence electrons. The molecule has 1 N–H and O–H groups in total. The Labute approximate surface area is 102 Å². The van der Waals surface area contributed by atoms with E-state index in [2.05, 4.69) is 11.1 Å². The molecule has 0 spiro atoms. The molecule has 1 aliphatic carbocycles. The van der Waals surface area contributed by atoms with E-state index in [-0.39, 0.29) is 50.1 Å². The van der Waals surface area contributed by atoms with E-state index in [1.165, 1.54) is 5.56 Å². The van der Waals surface area contributed by atoms with Crippen molar-refractivity contribution in [3.8, 4) is 0 Å². The molecule has 0 saturated carbocycles. The normalized spacial score (nSPS) is 20.6. The van der Waals surface area contributed by atoms with Crippen molar-refractivity contribution in [3.05, 3.63) is 35.3 Å². The Hall–Kier alpha value is 0.552. The maximum atomic E-state index is 7.55. The van der Waals surface area contributed by atoms with Gasteiger partial charge >= 0.3 is 0 Å². The van der Waals surface area contributed by atoms with Crippen LogP contribution in [0.5, 0.6) is 0 Å². The van der Waals surface area contributed by atoms with Gasteiger partial charge in [0.25, 0.3) is 0 Å². The molecule has 1 atom stereocenters. The monoisotopic (exact) mass is 360 g/mol. The number of hydrogen-bond acceptors (Lipinski definition) is 1. The number of pyridine rings is 1. The van der Waals surface area contributed by atoms with Crippen LogP contribution in [-0.4, -0.2) is 4.98 Å². The Morgan fingerprint density at radius 1 is 1.55 bits per heavy atom. The van der Waals surface area contributed by atoms with Crippen LogP contribution in [0.1, 0.15) is 23.7 Å². The van der Waals surface area contributed by atoms with Crippen LogP contribution in [0.3, 0.4) is 0 Å². The van der Waals surface area contributed by atoms with Crippen LogP contribution in [-0.2, 0) is 6.42 Å². The fraction of sp³-hybridized carbons (Fsp3) is 0.375. The van der Waals surface area contributed by atoms with Crippen LogP contribution in [0.4, 0.5) is 0 Å². The summed E-state index contributed by atoms with van der Waals surface area (Å²) >= 11 is 0. The Morgan fingerprint density at radius 3 is 3.09 bits per heavy atom. The zero-order valence-corrected chi connectivity index (χ0v) is 11.0. The van der Waals surface area contributed by atoms with Gasteiger partial charge in [-0.25, -0.2) is 0 Å². The zero-order valence-electron chi connectivity index (χ0n) is 6.25. The van der Waals surface area contributed by atoms with Crippen LogP contribution in [0, 0.1) is 44.1 Å². The summed E-state index contributed by atoms with van der Waals surface area (Å²) in [5.41, 5.74) is 9.81. The van der Waals surface area contributed by atoms with Gasteiger partial charge in [0.2, 0.25) is 0 Å². The first kappa shape index (κ1) is 9.64. The number of fused-ring (bicyclic) bond motifs is 1. The van der Waals surface area contributed by atoms with Gasteiger partial charge < -0.3 is 5.73 Å². The molecule has 1 aromatic heterocycles. The van der Waals surface area contributed by atoms with E-state index in [4.69, 9.17) is 5.73 Å². The maximum Gasteiger partial charge on any atom is 0.0270 e. The summed E-state index contributed by atoms with van der Waals surface area (Å²) in [6, 6.07) is 3.95. The number of aryl methyl sites for hydroxylation is 1. The quantitative estimate of drug-likeness (QED) is 0.698. The molecule has 1 aliphatic rings. The Morgan fingerprint density at radius 2 is 2.36 bits per heavy atom. The molecule has 11 heavy (non-hydrogen) atoms. The molecule has 1 radical (unpaired) electrons. The van der Waals surface area contributed by atoms with Gasteiger partial charge in [-0.2, -0.15) is 0 Å². The first-order valence-electron chi connectivity index (χ1n) is 3.53. The van der Waals surface area contributed by atoms with Crippen molar-refractivity contribution in [1.82, 2.24) is 4.98 Å². The second-order valence-electron chi connectivity index (χ2n) is 2.64. The maximum absolute atomic E-state index is 7.55. The van der Waals surface area contributed by atoms with Gasteiger partial charge in [-0.15, -0.1) is 0 Å². The molecule has 0 aliphatic heterocycles. The number of nitrogens with zero attached hydrogens (tertiary/aromatic N) is 1. The van der Waals surface area contributed by atoms with E-state index < -0.39 is 0 Å². The number of rotatable bonds is 0. The third-order valence-electron chi connectivity index (χ3n) is 1.96. The van der Waals surface area contributed by atoms with E-state index in [9.17, 15) is 0 Å². The average Bonchev–Trinajstić information content (AvgIpc) is 2.34. The van der Waals surface area contributed by atoms with Gasteiger partial charge in [-0.3, -0.25) is 4.98 Å². The minimum atomic E-state index is -0.0591. The molecule has 0 saturated heterocycles. The fourth-order valence-electron chi connectivity index (χ4n) is 1.41. The number of aromatic nitrogens is 1. The summed E-state index contributed by atoms with van der Waals surface area (Å²) in [5.74, 6) is 0. The zero-order chi connectivity index (χ0) is 6.97. The molecule has 0 fully saturated rings. The minimum Gasteiger partial charge on any atom is -0.670 e. The molecule has 0 bridgehead atoms. The summed E-state index contributed by atoms with van der Waals surface area (Å²) in [4.78, 5) is 4.15. The van der Waals surface area contributed by atoms with Crippen molar-refractivity contribution < 1.29 is 44.1 Å². The molecular weight excluding hydrogens is 351 g/mol. The molecule has 2 rings (SSSR count). The first-order valence-corrected chi connectivity index (χ1v) is 3.53. The van der Waals surface area contributed by atoms with Gasteiger partial charge in [0.15, 0.2) is 0 Å². The SMILES string of the molecule is [Ac].[NH-][C@@H]1CCc2cccnc21. The van der Waals surface area contributed by atoms with E-state index in [0.717, 1.165) is 18.5 Å². The van der Waals surface area contributed by atoms with Crippen molar-refractivity contribution in [2.45, 2.75) is 18.9 Å². The molecule has 2 nitrogen and oxygen atoms in total. The van der Waals surface area contributed by atoms with Crippen molar-refractivity contribution in [2.24, 2.45) is 0 Å². The van der Waals surface area contributed by atoms with Gasteiger partial charge in [-0.1, -0.05) is 18.5 Å². The molecule has 0 aromatic carbocycles. The Kier molecular flexibility index (Phi) is 3.49. The number of nitrogens with one attached hydrogen (secondary N) is 1. The predicted octanol–water partition coefficient (Wildman–Crippen LogP) is 2.12. The fourth-order valence-corrected chi connectivity index (χ4v) is 1.41. The van der Waals surface area contributed by atoms with Crippen LogP contribution < -0.4 is 0 Å². The second kappa shape index (κ2) is 3.98. The smallest absolute Gasteiger partial charge is 0.0270 e. The van der Waals surface area contributed by atoms with Gasteiger partial charge in [0.1, 0.15) is 0 Å². The molecule has 0 unspecified atom stereocenters. The van der Waals surface area contributed by atoms with E-state index >= 15 is 0 Å². The van der Waals surface area contributed by atoms with Crippen molar-refractivity contribution in [3.63, 3.8) is 0 Å². The molecular formula is C8H9AcN2-. The average molecular weight is 360 g/mol. The molecule has 0 amide bonds. The summed E-state index contributed by atoms with van der Waals surface area (Å²) in [6.07, 6.45) is 3.76. The largest absolute Gasteiger partial charge is 0.670 e. The van der Waals surface area contributed by atoms with Crippen LogP contribution in [0.25, 0.3) is 5.73 Å². The van der Waals surface area contributed by atoms with E-state index in [1.54, 1.807) is 6.20 Å². The molecule has 1 heterocycles. The van der Waals surface area contributed by atoms with Crippen molar-refractivity contribution in [2.75, 3.05) is 0 Å². The number of hydrogen-bond donors (Lipinski definition) is 0. The van der Waals surface area contributed by atoms with Crippen molar-refractivity contribution in [1.29, 1.82) is 0 Å². The van der Waals surface area contributed by atoms with E-state index in [0.29, 0.717) is 0 Å². The Balaban J connectivity index is 0.000000605. The topological polar surface area (TPSA) is 36.7 Å². The van der Waals surface area contributed by atoms with Crippen LogP contribution in [0.2, 0.25) is 0 Å². The van der Waals surface area contributed by atoms with Gasteiger partial charge in [0.05, 0.1) is 0 Å². The summed E-state index contributed by atoms with van der Waals surface area (Å²) in [6.45, 7) is 0. The van der Waals surface area contributed by atoms with E-state index in [1.807, 2.05) is 6.07 Å². The van der Waals surface area contributed by atoms with Gasteiger partial charge in [-0.05, 0) is 18.1 Å². The van der Waals surface area contributed by atoms with Crippen LogP contribution in [0.15, 0.2) is 18.3 Å².